The Labute approximate surface area is 173 Å². The number of nitrogens with two attached hydrogens (primary N) is 1. The maximum Gasteiger partial charge on any atom is 0.410 e. The van der Waals surface area contributed by atoms with Crippen molar-refractivity contribution in [2.45, 2.75) is 59.9 Å². The monoisotopic (exact) mass is 468 g/mol. The van der Waals surface area contributed by atoms with Gasteiger partial charge in [0, 0.05) is 19.0 Å². The van der Waals surface area contributed by atoms with Crippen LogP contribution in [0.1, 0.15) is 45.7 Å². The van der Waals surface area contributed by atoms with E-state index in [1.165, 1.54) is 24.8 Å². The molecule has 2 rings (SSSR count). The molecule has 13 heteroatoms. The van der Waals surface area contributed by atoms with E-state index in [9.17, 15) is 26.4 Å². The highest BCUT2D eigenvalue weighted by molar-refractivity contribution is 7.95. The zero-order chi connectivity index (χ0) is 22.1. The average Bonchev–Trinajstić information content (AvgIpc) is 3.04. The Bertz CT molecular complexity index is 999. The number of amides is 1. The van der Waals surface area contributed by atoms with Crippen LogP contribution in [-0.4, -0.2) is 58.3 Å². The third-order valence-electron chi connectivity index (χ3n) is 4.45. The minimum Gasteiger partial charge on any atom is -0.459 e. The summed E-state index contributed by atoms with van der Waals surface area (Å²) in [5.41, 5.74) is 0.212. The summed E-state index contributed by atoms with van der Waals surface area (Å²) in [6, 6.07) is 0.512. The second-order valence-electron chi connectivity index (χ2n) is 6.74. The number of rotatable bonds is 6. The molecule has 1 unspecified atom stereocenters. The van der Waals surface area contributed by atoms with Gasteiger partial charge in [-0.05, 0) is 33.3 Å². The molecule has 0 aliphatic carbocycles. The topological polar surface area (TPSA) is 150 Å². The van der Waals surface area contributed by atoms with Gasteiger partial charge < -0.3 is 14.4 Å². The van der Waals surface area contributed by atoms with Crippen LogP contribution in [0.4, 0.5) is 4.79 Å². The number of nitrogens with zero attached hydrogens (tertiary/aromatic N) is 1. The SMILES string of the molecule is CCN(C(=O)OCC(C)OC(C)=O)[C@H]1C[C@H](C)S(=O)(=O)c2sc(S(N)(=O)=O)cc21. The molecule has 29 heavy (non-hydrogen) atoms. The molecule has 0 radical (unpaired) electrons. The number of ether oxygens (including phenoxy) is 2. The zero-order valence-corrected chi connectivity index (χ0v) is 18.9. The van der Waals surface area contributed by atoms with Gasteiger partial charge in [-0.3, -0.25) is 4.79 Å². The van der Waals surface area contributed by atoms with Gasteiger partial charge in [0.05, 0.1) is 11.3 Å². The van der Waals surface area contributed by atoms with Crippen molar-refractivity contribution >= 4 is 43.3 Å². The molecule has 0 saturated heterocycles. The molecule has 1 aromatic heterocycles. The number of sulfone groups is 1. The Balaban J connectivity index is 2.36. The fraction of sp³-hybridized carbons (Fsp3) is 0.625. The van der Waals surface area contributed by atoms with Gasteiger partial charge in [-0.25, -0.2) is 26.8 Å². The molecule has 0 spiro atoms. The molecule has 10 nitrogen and oxygen atoms in total. The predicted molar refractivity (Wildman–Crippen MR) is 105 cm³/mol. The molecular formula is C16H24N2O8S3. The summed E-state index contributed by atoms with van der Waals surface area (Å²) < 4.78 is 58.6. The van der Waals surface area contributed by atoms with Crippen LogP contribution in [0.25, 0.3) is 0 Å². The summed E-state index contributed by atoms with van der Waals surface area (Å²) in [5.74, 6) is -0.509. The Morgan fingerprint density at radius 3 is 2.55 bits per heavy atom. The van der Waals surface area contributed by atoms with E-state index < -0.39 is 49.3 Å². The first-order valence-corrected chi connectivity index (χ1v) is 12.7. The second-order valence-corrected chi connectivity index (χ2v) is 12.1. The molecule has 0 bridgehead atoms. The van der Waals surface area contributed by atoms with Gasteiger partial charge in [0.1, 0.15) is 21.1 Å². The van der Waals surface area contributed by atoms with E-state index in [1.807, 2.05) is 0 Å². The lowest BCUT2D eigenvalue weighted by atomic mass is 10.0. The Hall–Kier alpha value is -1.70. The maximum absolute atomic E-state index is 12.7. The van der Waals surface area contributed by atoms with Crippen LogP contribution in [0.2, 0.25) is 0 Å². The highest BCUT2D eigenvalue weighted by atomic mass is 32.3. The largest absolute Gasteiger partial charge is 0.459 e. The second kappa shape index (κ2) is 8.58. The van der Waals surface area contributed by atoms with Crippen LogP contribution in [0, 0.1) is 0 Å². The number of thiophene rings is 1. The summed E-state index contributed by atoms with van der Waals surface area (Å²) in [5, 5.41) is 4.34. The number of primary sulfonamides is 1. The summed E-state index contributed by atoms with van der Waals surface area (Å²) in [6.07, 6.45) is -1.29. The molecule has 0 saturated carbocycles. The molecule has 164 valence electrons. The van der Waals surface area contributed by atoms with E-state index >= 15 is 0 Å². The lowest BCUT2D eigenvalue weighted by molar-refractivity contribution is -0.147. The molecule has 3 atom stereocenters. The maximum atomic E-state index is 12.7. The molecule has 2 N–H and O–H groups in total. The van der Waals surface area contributed by atoms with Crippen LogP contribution in [0.5, 0.6) is 0 Å². The lowest BCUT2D eigenvalue weighted by Gasteiger charge is -2.35. The van der Waals surface area contributed by atoms with Gasteiger partial charge in [-0.15, -0.1) is 11.3 Å². The van der Waals surface area contributed by atoms with Gasteiger partial charge in [0.25, 0.3) is 0 Å². The van der Waals surface area contributed by atoms with E-state index in [-0.39, 0.29) is 33.6 Å². The Kier molecular flexibility index (Phi) is 6.97. The highest BCUT2D eigenvalue weighted by Gasteiger charge is 2.42. The number of fused-ring (bicyclic) bond motifs is 1. The van der Waals surface area contributed by atoms with Crippen LogP contribution < -0.4 is 5.14 Å². The summed E-state index contributed by atoms with van der Waals surface area (Å²) in [6.45, 7) is 6.02. The average molecular weight is 469 g/mol. The van der Waals surface area contributed by atoms with Crippen LogP contribution in [0.15, 0.2) is 14.5 Å². The van der Waals surface area contributed by atoms with Gasteiger partial charge in [-0.1, -0.05) is 0 Å². The first kappa shape index (κ1) is 23.6. The van der Waals surface area contributed by atoms with Crippen LogP contribution in [0.3, 0.4) is 0 Å². The third-order valence-corrected chi connectivity index (χ3v) is 9.76. The van der Waals surface area contributed by atoms with Crippen molar-refractivity contribution in [3.05, 3.63) is 11.6 Å². The number of hydrogen-bond donors (Lipinski definition) is 1. The smallest absolute Gasteiger partial charge is 0.410 e. The summed E-state index contributed by atoms with van der Waals surface area (Å²) in [4.78, 5) is 24.9. The molecular weight excluding hydrogens is 444 g/mol. The minimum atomic E-state index is -4.10. The summed E-state index contributed by atoms with van der Waals surface area (Å²) >= 11 is 0.584. The van der Waals surface area contributed by atoms with Crippen molar-refractivity contribution in [3.63, 3.8) is 0 Å². The number of sulfonamides is 1. The van der Waals surface area contributed by atoms with Crippen molar-refractivity contribution in [1.29, 1.82) is 0 Å². The first-order valence-electron chi connectivity index (χ1n) is 8.80. The zero-order valence-electron chi connectivity index (χ0n) is 16.4. The number of esters is 1. The Morgan fingerprint density at radius 2 is 2.03 bits per heavy atom. The normalized spacial score (nSPS) is 21.7. The van der Waals surface area contributed by atoms with Crippen molar-refractivity contribution in [1.82, 2.24) is 4.90 Å². The molecule has 1 aliphatic rings. The third kappa shape index (κ3) is 5.08. The fourth-order valence-corrected chi connectivity index (χ4v) is 7.47. The van der Waals surface area contributed by atoms with E-state index in [0.717, 1.165) is 0 Å². The minimum absolute atomic E-state index is 0.0819. The van der Waals surface area contributed by atoms with Crippen molar-refractivity contribution < 1.29 is 35.9 Å². The van der Waals surface area contributed by atoms with Crippen molar-refractivity contribution in [2.75, 3.05) is 13.2 Å². The number of hydrogen-bond acceptors (Lipinski definition) is 9. The van der Waals surface area contributed by atoms with Crippen molar-refractivity contribution in [2.24, 2.45) is 5.14 Å². The molecule has 0 aromatic carbocycles. The lowest BCUT2D eigenvalue weighted by Crippen LogP contribution is -2.41. The van der Waals surface area contributed by atoms with Gasteiger partial charge >= 0.3 is 12.1 Å². The Morgan fingerprint density at radius 1 is 1.41 bits per heavy atom. The molecule has 2 heterocycles. The van der Waals surface area contributed by atoms with Gasteiger partial charge in [0.15, 0.2) is 9.84 Å². The van der Waals surface area contributed by atoms with E-state index in [4.69, 9.17) is 14.6 Å². The van der Waals surface area contributed by atoms with E-state index in [0.29, 0.717) is 11.3 Å². The van der Waals surface area contributed by atoms with Gasteiger partial charge in [0.2, 0.25) is 10.0 Å². The number of carbonyl (C=O) groups excluding carboxylic acids is 2. The fourth-order valence-electron chi connectivity index (χ4n) is 3.07. The first-order chi connectivity index (χ1) is 13.3. The molecule has 1 amide bonds. The quantitative estimate of drug-likeness (QED) is 0.616. The molecule has 1 aromatic rings. The van der Waals surface area contributed by atoms with Gasteiger partial charge in [-0.2, -0.15) is 0 Å². The van der Waals surface area contributed by atoms with E-state index in [1.54, 1.807) is 13.8 Å². The molecule has 0 fully saturated rings. The van der Waals surface area contributed by atoms with Crippen molar-refractivity contribution in [3.8, 4) is 0 Å². The predicted octanol–water partition coefficient (Wildman–Crippen LogP) is 1.41. The van der Waals surface area contributed by atoms with E-state index in [2.05, 4.69) is 0 Å². The molecule has 1 aliphatic heterocycles. The highest BCUT2D eigenvalue weighted by Crippen LogP contribution is 2.45. The standard InChI is InChI=1S/C16H24N2O8S3/c1-5-18(16(20)25-8-9(2)26-11(4)19)13-6-10(3)28(21,22)15-12(13)7-14(27-15)29(17,23)24/h7,9-10,13H,5-6,8H2,1-4H3,(H2,17,23,24)/t9?,10-,13-/m0/s1. The summed E-state index contributed by atoms with van der Waals surface area (Å²) in [7, 11) is -7.84. The number of carbonyl (C=O) groups is 2. The van der Waals surface area contributed by atoms with Crippen LogP contribution >= 0.6 is 11.3 Å². The van der Waals surface area contributed by atoms with Crippen LogP contribution in [-0.2, 0) is 34.1 Å².